The van der Waals surface area contributed by atoms with Gasteiger partial charge in [0.05, 0.1) is 0 Å². The molecule has 0 amide bonds. The highest BCUT2D eigenvalue weighted by atomic mass is 32.2. The number of nitrogens with zero attached hydrogens (tertiary/aromatic N) is 2. The lowest BCUT2D eigenvalue weighted by Crippen LogP contribution is -2.15. The van der Waals surface area contributed by atoms with E-state index in [9.17, 15) is 8.42 Å². The minimum Gasteiger partial charge on any atom is -0.309 e. The van der Waals surface area contributed by atoms with Gasteiger partial charge in [-0.15, -0.1) is 21.5 Å². The maximum absolute atomic E-state index is 12.3. The SMILES string of the molecule is Cc1sc(CNC2CC2)cc1S(=O)(=O)Nc1nncs1. The summed E-state index contributed by atoms with van der Waals surface area (Å²) in [6.45, 7) is 2.55. The number of aromatic nitrogens is 2. The normalized spacial score (nSPS) is 15.4. The summed E-state index contributed by atoms with van der Waals surface area (Å²) in [5, 5.41) is 11.0. The maximum atomic E-state index is 12.3. The van der Waals surface area contributed by atoms with Crippen LogP contribution in [0.25, 0.3) is 0 Å². The highest BCUT2D eigenvalue weighted by Crippen LogP contribution is 2.28. The second kappa shape index (κ2) is 5.40. The summed E-state index contributed by atoms with van der Waals surface area (Å²) in [6, 6.07) is 2.34. The van der Waals surface area contributed by atoms with E-state index in [1.807, 2.05) is 6.92 Å². The van der Waals surface area contributed by atoms with E-state index in [1.165, 1.54) is 29.7 Å². The molecule has 20 heavy (non-hydrogen) atoms. The van der Waals surface area contributed by atoms with Gasteiger partial charge < -0.3 is 5.32 Å². The Morgan fingerprint density at radius 3 is 2.90 bits per heavy atom. The maximum Gasteiger partial charge on any atom is 0.264 e. The van der Waals surface area contributed by atoms with Crippen molar-refractivity contribution in [1.29, 1.82) is 0 Å². The van der Waals surface area contributed by atoms with Gasteiger partial charge in [0.15, 0.2) is 0 Å². The van der Waals surface area contributed by atoms with Crippen LogP contribution >= 0.6 is 22.7 Å². The molecule has 2 aromatic rings. The van der Waals surface area contributed by atoms with Crippen molar-refractivity contribution in [2.45, 2.75) is 37.2 Å². The first-order chi connectivity index (χ1) is 9.54. The first kappa shape index (κ1) is 13.9. The van der Waals surface area contributed by atoms with Crippen LogP contribution in [0.1, 0.15) is 22.6 Å². The third-order valence-corrected chi connectivity index (χ3v) is 6.32. The van der Waals surface area contributed by atoms with Crippen LogP contribution in [0.3, 0.4) is 0 Å². The molecule has 108 valence electrons. The average molecular weight is 330 g/mol. The predicted molar refractivity (Wildman–Crippen MR) is 79.6 cm³/mol. The highest BCUT2D eigenvalue weighted by molar-refractivity contribution is 7.93. The molecule has 0 unspecified atom stereocenters. The number of rotatable bonds is 6. The van der Waals surface area contributed by atoms with Gasteiger partial charge in [-0.25, -0.2) is 8.42 Å². The molecule has 1 aliphatic rings. The summed E-state index contributed by atoms with van der Waals surface area (Å²) < 4.78 is 27.0. The molecule has 1 fully saturated rings. The fraction of sp³-hybridized carbons (Fsp3) is 0.455. The minimum absolute atomic E-state index is 0.285. The van der Waals surface area contributed by atoms with Crippen LogP contribution in [-0.2, 0) is 16.6 Å². The van der Waals surface area contributed by atoms with Gasteiger partial charge in [-0.05, 0) is 25.8 Å². The fourth-order valence-electron chi connectivity index (χ4n) is 1.80. The lowest BCUT2D eigenvalue weighted by atomic mass is 10.4. The molecular formula is C11H14N4O2S3. The Bertz CT molecular complexity index is 689. The molecule has 6 nitrogen and oxygen atoms in total. The van der Waals surface area contributed by atoms with E-state index in [4.69, 9.17) is 0 Å². The Balaban J connectivity index is 1.77. The molecule has 1 saturated carbocycles. The van der Waals surface area contributed by atoms with E-state index < -0.39 is 10.0 Å². The Kier molecular flexibility index (Phi) is 3.76. The van der Waals surface area contributed by atoms with Gasteiger partial charge in [-0.2, -0.15) is 0 Å². The first-order valence-corrected chi connectivity index (χ1v) is 9.34. The average Bonchev–Trinajstić information content (AvgIpc) is 2.93. The van der Waals surface area contributed by atoms with Crippen molar-refractivity contribution in [3.8, 4) is 0 Å². The van der Waals surface area contributed by atoms with Crippen molar-refractivity contribution >= 4 is 37.8 Å². The quantitative estimate of drug-likeness (QED) is 0.846. The van der Waals surface area contributed by atoms with Gasteiger partial charge in [0.25, 0.3) is 10.0 Å². The summed E-state index contributed by atoms with van der Waals surface area (Å²) in [5.41, 5.74) is 1.49. The van der Waals surface area contributed by atoms with Gasteiger partial charge in [0, 0.05) is 22.3 Å². The fourth-order valence-corrected chi connectivity index (χ4v) is 5.08. The van der Waals surface area contributed by atoms with Crippen molar-refractivity contribution in [3.63, 3.8) is 0 Å². The van der Waals surface area contributed by atoms with Gasteiger partial charge >= 0.3 is 0 Å². The molecule has 1 aliphatic carbocycles. The largest absolute Gasteiger partial charge is 0.309 e. The number of anilines is 1. The molecule has 0 spiro atoms. The minimum atomic E-state index is -3.58. The second-order valence-corrected chi connectivity index (χ2v) is 8.46. The van der Waals surface area contributed by atoms with Crippen LogP contribution in [0.15, 0.2) is 16.5 Å². The van der Waals surface area contributed by atoms with Crippen molar-refractivity contribution in [2.24, 2.45) is 0 Å². The van der Waals surface area contributed by atoms with E-state index in [1.54, 1.807) is 6.07 Å². The summed E-state index contributed by atoms with van der Waals surface area (Å²) in [7, 11) is -3.58. The van der Waals surface area contributed by atoms with Gasteiger partial charge in [-0.1, -0.05) is 11.3 Å². The zero-order valence-corrected chi connectivity index (χ0v) is 13.2. The number of sulfonamides is 1. The lowest BCUT2D eigenvalue weighted by molar-refractivity contribution is 0.601. The molecule has 0 saturated heterocycles. The van der Waals surface area contributed by atoms with Gasteiger partial charge in [-0.3, -0.25) is 4.72 Å². The zero-order chi connectivity index (χ0) is 14.2. The van der Waals surface area contributed by atoms with Crippen LogP contribution < -0.4 is 10.0 Å². The van der Waals surface area contributed by atoms with Crippen molar-refractivity contribution in [1.82, 2.24) is 15.5 Å². The van der Waals surface area contributed by atoms with E-state index in [-0.39, 0.29) is 5.13 Å². The number of aryl methyl sites for hydroxylation is 1. The number of thiophene rings is 1. The Morgan fingerprint density at radius 2 is 2.25 bits per heavy atom. The van der Waals surface area contributed by atoms with Crippen molar-refractivity contribution < 1.29 is 8.42 Å². The van der Waals surface area contributed by atoms with E-state index in [2.05, 4.69) is 20.2 Å². The second-order valence-electron chi connectivity index (χ2n) is 4.64. The van der Waals surface area contributed by atoms with Crippen LogP contribution in [0.5, 0.6) is 0 Å². The molecule has 0 atom stereocenters. The van der Waals surface area contributed by atoms with Gasteiger partial charge in [0.1, 0.15) is 10.4 Å². The molecule has 0 radical (unpaired) electrons. The first-order valence-electron chi connectivity index (χ1n) is 6.16. The molecule has 9 heteroatoms. The summed E-state index contributed by atoms with van der Waals surface area (Å²) in [4.78, 5) is 2.15. The molecular weight excluding hydrogens is 316 g/mol. The Labute approximate surface area is 125 Å². The predicted octanol–water partition coefficient (Wildman–Crippen LogP) is 1.96. The standard InChI is InChI=1S/C11H14N4O2S3/c1-7-10(4-9(19-7)5-12-8-2-3-8)20(16,17)15-11-14-13-6-18-11/h4,6,8,12H,2-3,5H2,1H3,(H,14,15). The van der Waals surface area contributed by atoms with Crippen LogP contribution in [0.4, 0.5) is 5.13 Å². The van der Waals surface area contributed by atoms with E-state index in [0.717, 1.165) is 27.6 Å². The summed E-state index contributed by atoms with van der Waals surface area (Å²) in [6.07, 6.45) is 2.43. The number of hydrogen-bond acceptors (Lipinski definition) is 7. The lowest BCUT2D eigenvalue weighted by Gasteiger charge is -2.03. The van der Waals surface area contributed by atoms with Crippen molar-refractivity contribution in [2.75, 3.05) is 4.72 Å². The third-order valence-electron chi connectivity index (χ3n) is 2.94. The monoisotopic (exact) mass is 330 g/mol. The Hall–Kier alpha value is -1.03. The molecule has 2 heterocycles. The highest BCUT2D eigenvalue weighted by Gasteiger charge is 2.23. The molecule has 2 aromatic heterocycles. The van der Waals surface area contributed by atoms with Crippen molar-refractivity contribution in [3.05, 3.63) is 21.3 Å². The van der Waals surface area contributed by atoms with E-state index >= 15 is 0 Å². The molecule has 0 aromatic carbocycles. The molecule has 0 bridgehead atoms. The molecule has 3 rings (SSSR count). The van der Waals surface area contributed by atoms with E-state index in [0.29, 0.717) is 10.9 Å². The molecule has 2 N–H and O–H groups in total. The zero-order valence-electron chi connectivity index (χ0n) is 10.8. The van der Waals surface area contributed by atoms with Crippen LogP contribution in [0, 0.1) is 6.92 Å². The topological polar surface area (TPSA) is 84.0 Å². The van der Waals surface area contributed by atoms with Crippen LogP contribution in [0.2, 0.25) is 0 Å². The summed E-state index contributed by atoms with van der Waals surface area (Å²) in [5.74, 6) is 0. The third kappa shape index (κ3) is 3.17. The van der Waals surface area contributed by atoms with Crippen LogP contribution in [-0.4, -0.2) is 24.7 Å². The van der Waals surface area contributed by atoms with Gasteiger partial charge in [0.2, 0.25) is 5.13 Å². The smallest absolute Gasteiger partial charge is 0.264 e. The molecule has 0 aliphatic heterocycles. The summed E-state index contributed by atoms with van der Waals surface area (Å²) >= 11 is 2.67. The number of nitrogens with one attached hydrogen (secondary N) is 2. The Morgan fingerprint density at radius 1 is 1.45 bits per heavy atom. The number of hydrogen-bond donors (Lipinski definition) is 2.